The summed E-state index contributed by atoms with van der Waals surface area (Å²) in [4.78, 5) is 10.6. The van der Waals surface area contributed by atoms with Gasteiger partial charge in [-0.3, -0.25) is 4.79 Å². The van der Waals surface area contributed by atoms with Crippen LogP contribution in [0.2, 0.25) is 0 Å². The first-order valence-electron chi connectivity index (χ1n) is 5.42. The van der Waals surface area contributed by atoms with Gasteiger partial charge in [0.2, 0.25) is 5.91 Å². The van der Waals surface area contributed by atoms with Crippen molar-refractivity contribution in [2.45, 2.75) is 24.8 Å². The summed E-state index contributed by atoms with van der Waals surface area (Å²) in [6.07, 6.45) is -8.48. The minimum atomic E-state index is -4.62. The third-order valence-corrected chi connectivity index (χ3v) is 2.59. The van der Waals surface area contributed by atoms with Crippen LogP contribution < -0.4 is 5.73 Å². The summed E-state index contributed by atoms with van der Waals surface area (Å²) in [5.74, 6) is -0.887. The standard InChI is InChI=1S/C12H11F3N2O3/c13-12(14,15)7-1-2-8(6(3-7)5-16)11(20)9(18)4-10(17)19/h1-3,9,11,18,20H,4H2,(H2,17,19). The van der Waals surface area contributed by atoms with E-state index in [0.717, 1.165) is 6.07 Å². The fourth-order valence-electron chi connectivity index (χ4n) is 1.61. The number of alkyl halides is 3. The van der Waals surface area contributed by atoms with E-state index in [4.69, 9.17) is 11.0 Å². The molecule has 0 heterocycles. The molecule has 0 radical (unpaired) electrons. The molecule has 0 saturated carbocycles. The van der Waals surface area contributed by atoms with Crippen molar-refractivity contribution in [3.05, 3.63) is 34.9 Å². The van der Waals surface area contributed by atoms with Crippen LogP contribution in [0.25, 0.3) is 0 Å². The first kappa shape index (κ1) is 15.9. The molecule has 8 heteroatoms. The van der Waals surface area contributed by atoms with Crippen LogP contribution in [0.15, 0.2) is 18.2 Å². The summed E-state index contributed by atoms with van der Waals surface area (Å²) >= 11 is 0. The van der Waals surface area contributed by atoms with Gasteiger partial charge in [0.25, 0.3) is 0 Å². The summed E-state index contributed by atoms with van der Waals surface area (Å²) in [6, 6.07) is 3.64. The Labute approximate surface area is 112 Å². The second-order valence-corrected chi connectivity index (χ2v) is 4.09. The summed E-state index contributed by atoms with van der Waals surface area (Å²) in [6.45, 7) is 0. The predicted molar refractivity (Wildman–Crippen MR) is 60.9 cm³/mol. The molecule has 4 N–H and O–H groups in total. The van der Waals surface area contributed by atoms with E-state index in [1.54, 1.807) is 0 Å². The van der Waals surface area contributed by atoms with Crippen LogP contribution in [0, 0.1) is 11.3 Å². The third-order valence-electron chi connectivity index (χ3n) is 2.59. The number of nitrogens with two attached hydrogens (primary N) is 1. The van der Waals surface area contributed by atoms with Gasteiger partial charge in [-0.05, 0) is 12.1 Å². The minimum Gasteiger partial charge on any atom is -0.390 e. The van der Waals surface area contributed by atoms with Crippen molar-refractivity contribution in [3.8, 4) is 6.07 Å². The monoisotopic (exact) mass is 288 g/mol. The van der Waals surface area contributed by atoms with Gasteiger partial charge in [0.1, 0.15) is 6.10 Å². The van der Waals surface area contributed by atoms with E-state index in [9.17, 15) is 28.2 Å². The molecule has 0 spiro atoms. The summed E-state index contributed by atoms with van der Waals surface area (Å²) in [5, 5.41) is 28.1. The molecule has 0 saturated heterocycles. The summed E-state index contributed by atoms with van der Waals surface area (Å²) in [7, 11) is 0. The van der Waals surface area contributed by atoms with E-state index in [1.807, 2.05) is 0 Å². The number of halogens is 3. The highest BCUT2D eigenvalue weighted by molar-refractivity contribution is 5.74. The van der Waals surface area contributed by atoms with Gasteiger partial charge in [-0.25, -0.2) is 0 Å². The molecule has 2 unspecified atom stereocenters. The topological polar surface area (TPSA) is 107 Å². The lowest BCUT2D eigenvalue weighted by Gasteiger charge is -2.18. The number of aliphatic hydroxyl groups is 2. The van der Waals surface area contributed by atoms with Crippen molar-refractivity contribution >= 4 is 5.91 Å². The maximum absolute atomic E-state index is 12.5. The number of carbonyl (C=O) groups excluding carboxylic acids is 1. The highest BCUT2D eigenvalue weighted by atomic mass is 19.4. The second kappa shape index (κ2) is 5.90. The van der Waals surface area contributed by atoms with Gasteiger partial charge < -0.3 is 15.9 Å². The molecule has 108 valence electrons. The van der Waals surface area contributed by atoms with Crippen molar-refractivity contribution in [1.29, 1.82) is 5.26 Å². The molecule has 1 rings (SSSR count). The molecule has 1 amide bonds. The molecule has 0 aliphatic carbocycles. The quantitative estimate of drug-likeness (QED) is 0.763. The number of amides is 1. The Balaban J connectivity index is 3.14. The average molecular weight is 288 g/mol. The van der Waals surface area contributed by atoms with Crippen LogP contribution in [0.5, 0.6) is 0 Å². The van der Waals surface area contributed by atoms with E-state index >= 15 is 0 Å². The van der Waals surface area contributed by atoms with Gasteiger partial charge in [-0.1, -0.05) is 6.07 Å². The predicted octanol–water partition coefficient (Wildman–Crippen LogP) is 0.847. The van der Waals surface area contributed by atoms with E-state index in [1.165, 1.54) is 6.07 Å². The van der Waals surface area contributed by atoms with Crippen LogP contribution in [-0.2, 0) is 11.0 Å². The largest absolute Gasteiger partial charge is 0.416 e. The van der Waals surface area contributed by atoms with Crippen molar-refractivity contribution in [2.75, 3.05) is 0 Å². The summed E-state index contributed by atoms with van der Waals surface area (Å²) < 4.78 is 37.5. The normalized spacial score (nSPS) is 14.4. The number of carbonyl (C=O) groups is 1. The molecule has 0 fully saturated rings. The molecular formula is C12H11F3N2O3. The van der Waals surface area contributed by atoms with E-state index in [2.05, 4.69) is 0 Å². The second-order valence-electron chi connectivity index (χ2n) is 4.09. The fourth-order valence-corrected chi connectivity index (χ4v) is 1.61. The molecule has 0 aliphatic rings. The molecule has 5 nitrogen and oxygen atoms in total. The molecular weight excluding hydrogens is 277 g/mol. The van der Waals surface area contributed by atoms with E-state index in [-0.39, 0.29) is 5.56 Å². The van der Waals surface area contributed by atoms with Gasteiger partial charge in [0.05, 0.1) is 29.7 Å². The number of hydrogen-bond donors (Lipinski definition) is 3. The number of primary amides is 1. The SMILES string of the molecule is N#Cc1cc(C(F)(F)F)ccc1C(O)C(O)CC(N)=O. The fraction of sp³-hybridized carbons (Fsp3) is 0.333. The molecule has 1 aromatic rings. The van der Waals surface area contributed by atoms with Crippen LogP contribution >= 0.6 is 0 Å². The Morgan fingerprint density at radius 2 is 2.00 bits per heavy atom. The Morgan fingerprint density at radius 3 is 2.45 bits per heavy atom. The van der Waals surface area contributed by atoms with Crippen molar-refractivity contribution in [2.24, 2.45) is 5.73 Å². The molecule has 0 aliphatic heterocycles. The van der Waals surface area contributed by atoms with Gasteiger partial charge in [-0.2, -0.15) is 18.4 Å². The Kier molecular flexibility index (Phi) is 4.70. The highest BCUT2D eigenvalue weighted by Crippen LogP contribution is 2.32. The third kappa shape index (κ3) is 3.69. The molecule has 2 atom stereocenters. The number of rotatable bonds is 4. The minimum absolute atomic E-state index is 0.200. The number of nitriles is 1. The lowest BCUT2D eigenvalue weighted by atomic mass is 9.95. The smallest absolute Gasteiger partial charge is 0.390 e. The van der Waals surface area contributed by atoms with Gasteiger partial charge >= 0.3 is 6.18 Å². The number of nitrogens with zero attached hydrogens (tertiary/aromatic N) is 1. The first-order chi connectivity index (χ1) is 9.16. The lowest BCUT2D eigenvalue weighted by molar-refractivity contribution is -0.137. The first-order valence-corrected chi connectivity index (χ1v) is 5.42. The van der Waals surface area contributed by atoms with Gasteiger partial charge in [0, 0.05) is 5.56 Å². The molecule has 0 bridgehead atoms. The zero-order valence-corrected chi connectivity index (χ0v) is 10.1. The van der Waals surface area contributed by atoms with Crippen LogP contribution in [-0.4, -0.2) is 22.2 Å². The average Bonchev–Trinajstić information content (AvgIpc) is 2.35. The van der Waals surface area contributed by atoms with Crippen LogP contribution in [0.4, 0.5) is 13.2 Å². The van der Waals surface area contributed by atoms with Crippen LogP contribution in [0.3, 0.4) is 0 Å². The molecule has 1 aromatic carbocycles. The Hall–Kier alpha value is -2.11. The molecule has 20 heavy (non-hydrogen) atoms. The summed E-state index contributed by atoms with van der Waals surface area (Å²) in [5.41, 5.74) is 3.16. The van der Waals surface area contributed by atoms with E-state index in [0.29, 0.717) is 12.1 Å². The highest BCUT2D eigenvalue weighted by Gasteiger charge is 2.32. The Morgan fingerprint density at radius 1 is 1.40 bits per heavy atom. The number of aliphatic hydroxyl groups excluding tert-OH is 2. The zero-order valence-electron chi connectivity index (χ0n) is 10.1. The number of hydrogen-bond acceptors (Lipinski definition) is 4. The number of benzene rings is 1. The van der Waals surface area contributed by atoms with Crippen molar-refractivity contribution in [3.63, 3.8) is 0 Å². The van der Waals surface area contributed by atoms with E-state index < -0.39 is 41.8 Å². The van der Waals surface area contributed by atoms with Gasteiger partial charge in [0.15, 0.2) is 0 Å². The van der Waals surface area contributed by atoms with Crippen molar-refractivity contribution in [1.82, 2.24) is 0 Å². The maximum Gasteiger partial charge on any atom is 0.416 e. The zero-order chi connectivity index (χ0) is 15.5. The van der Waals surface area contributed by atoms with Crippen molar-refractivity contribution < 1.29 is 28.2 Å². The van der Waals surface area contributed by atoms with Gasteiger partial charge in [-0.15, -0.1) is 0 Å². The molecule has 0 aromatic heterocycles. The lowest BCUT2D eigenvalue weighted by Crippen LogP contribution is -2.26. The van der Waals surface area contributed by atoms with Crippen LogP contribution in [0.1, 0.15) is 29.2 Å². The maximum atomic E-state index is 12.5. The Bertz CT molecular complexity index is 552.